The van der Waals surface area contributed by atoms with Crippen LogP contribution in [0.2, 0.25) is 0 Å². The molecule has 9 heteroatoms. The largest absolute Gasteiger partial charge is 0.469 e. The lowest BCUT2D eigenvalue weighted by Gasteiger charge is -2.63. The van der Waals surface area contributed by atoms with Crippen LogP contribution in [0.5, 0.6) is 0 Å². The van der Waals surface area contributed by atoms with Crippen LogP contribution in [0.15, 0.2) is 34.4 Å². The number of carbonyl (C=O) groups excluding carboxylic acids is 3. The number of hydrogen-bond donors (Lipinski definition) is 1. The van der Waals surface area contributed by atoms with Gasteiger partial charge in [-0.3, -0.25) is 4.79 Å². The molecule has 0 radical (unpaired) electrons. The number of ether oxygens (including phenoxy) is 5. The highest BCUT2D eigenvalue weighted by atomic mass is 16.6. The Morgan fingerprint density at radius 3 is 2.50 bits per heavy atom. The lowest BCUT2D eigenvalue weighted by molar-refractivity contribution is -0.213. The molecular formula is C35H48O9. The molecule has 6 aliphatic rings. The van der Waals surface area contributed by atoms with E-state index in [-0.39, 0.29) is 65.9 Å². The van der Waals surface area contributed by atoms with Gasteiger partial charge in [-0.25, -0.2) is 9.59 Å². The summed E-state index contributed by atoms with van der Waals surface area (Å²) < 4.78 is 30.6. The van der Waals surface area contributed by atoms with Crippen LogP contribution >= 0.6 is 0 Å². The Morgan fingerprint density at radius 1 is 1.18 bits per heavy atom. The maximum absolute atomic E-state index is 13.1. The van der Waals surface area contributed by atoms with Crippen molar-refractivity contribution in [1.82, 2.24) is 0 Å². The molecule has 0 aromatic heterocycles. The minimum atomic E-state index is -1.19. The number of carbonyl (C=O) groups is 3. The number of fused-ring (bicyclic) bond motifs is 4. The minimum absolute atomic E-state index is 0.00317. The summed E-state index contributed by atoms with van der Waals surface area (Å²) in [5.74, 6) is -1.33. The summed E-state index contributed by atoms with van der Waals surface area (Å²) in [5.41, 5.74) is 1.14. The molecule has 0 amide bonds. The summed E-state index contributed by atoms with van der Waals surface area (Å²) in [6, 6.07) is 0. The predicted molar refractivity (Wildman–Crippen MR) is 160 cm³/mol. The molecule has 6 rings (SSSR count). The van der Waals surface area contributed by atoms with Crippen LogP contribution in [0.1, 0.15) is 81.1 Å². The molecule has 0 spiro atoms. The number of cyclic esters (lactones) is 1. The fourth-order valence-electron chi connectivity index (χ4n) is 10.4. The number of allylic oxidation sites excluding steroid dienone is 2. The molecule has 4 fully saturated rings. The third kappa shape index (κ3) is 4.39. The van der Waals surface area contributed by atoms with Crippen molar-refractivity contribution in [3.05, 3.63) is 34.4 Å². The number of rotatable bonds is 6. The predicted octanol–water partition coefficient (Wildman–Crippen LogP) is 4.61. The van der Waals surface area contributed by atoms with Gasteiger partial charge in [-0.1, -0.05) is 31.9 Å². The average Bonchev–Trinajstić information content (AvgIpc) is 3.65. The smallest absolute Gasteiger partial charge is 0.335 e. The van der Waals surface area contributed by atoms with Crippen LogP contribution in [0.25, 0.3) is 0 Å². The third-order valence-corrected chi connectivity index (χ3v) is 12.2. The number of methoxy groups -OCH3 is 1. The normalized spacial score (nSPS) is 44.0. The maximum atomic E-state index is 13.1. The molecule has 2 saturated heterocycles. The molecule has 1 unspecified atom stereocenters. The van der Waals surface area contributed by atoms with Crippen LogP contribution in [-0.2, 0) is 38.1 Å². The Kier molecular flexibility index (Phi) is 7.34. The van der Waals surface area contributed by atoms with Gasteiger partial charge in [0.05, 0.1) is 37.6 Å². The Balaban J connectivity index is 1.42. The van der Waals surface area contributed by atoms with E-state index in [9.17, 15) is 19.5 Å². The lowest BCUT2D eigenvalue weighted by Crippen LogP contribution is -2.66. The second-order valence-electron chi connectivity index (χ2n) is 15.6. The summed E-state index contributed by atoms with van der Waals surface area (Å²) in [7, 11) is 1.43. The van der Waals surface area contributed by atoms with Crippen molar-refractivity contribution in [2.24, 2.45) is 34.0 Å². The van der Waals surface area contributed by atoms with Crippen molar-refractivity contribution in [3.63, 3.8) is 0 Å². The van der Waals surface area contributed by atoms with E-state index in [2.05, 4.69) is 27.7 Å². The van der Waals surface area contributed by atoms with Gasteiger partial charge in [0.1, 0.15) is 12.2 Å². The highest BCUT2D eigenvalue weighted by Gasteiger charge is 2.76. The summed E-state index contributed by atoms with van der Waals surface area (Å²) >= 11 is 0. The first-order valence-electron chi connectivity index (χ1n) is 16.0. The standard InChI is InChI=1S/C35H48O9/c1-17(2)12-26(37)43-23-10-11-33(6)22(15-25(36)40-9)35(8)27-18(3)19(20-14-24(32(4,5)39)44-31(20)38)13-21(27)42-30(35)28-29(33)34(23,7)16-41-28/h12,14,19,21-24,28-30,39H,10-11,13,15-16H2,1-9H3/t19-,21-,22-,23-,24?,28-,29-,30-,33-,34-,35-/m1/s1. The number of hydrogen-bond acceptors (Lipinski definition) is 9. The van der Waals surface area contributed by atoms with Crippen LogP contribution in [-0.4, -0.2) is 72.9 Å². The van der Waals surface area contributed by atoms with Crippen LogP contribution < -0.4 is 0 Å². The Bertz CT molecular complexity index is 1360. The molecule has 3 aliphatic heterocycles. The lowest BCUT2D eigenvalue weighted by atomic mass is 9.40. The molecule has 44 heavy (non-hydrogen) atoms. The quantitative estimate of drug-likeness (QED) is 0.199. The first-order chi connectivity index (χ1) is 20.5. The Morgan fingerprint density at radius 2 is 1.89 bits per heavy atom. The number of aliphatic hydroxyl groups is 1. The molecule has 3 aliphatic carbocycles. The highest BCUT2D eigenvalue weighted by molar-refractivity contribution is 5.92. The SMILES string of the molecule is COC(=O)C[C@@H]1[C@@]2(C)CC[C@@H](OC(=O)C=C(C)C)[C@@]3(C)CO[C@H]([C@H]23)[C@H]2O[C@@H]3C[C@@H](C4=CC(C(C)(C)O)OC4=O)C(C)=C3[C@]21C. The monoisotopic (exact) mass is 612 g/mol. The van der Waals surface area contributed by atoms with Gasteiger partial charge in [0.15, 0.2) is 0 Å². The van der Waals surface area contributed by atoms with Gasteiger partial charge in [-0.15, -0.1) is 0 Å². The van der Waals surface area contributed by atoms with Gasteiger partial charge in [-0.05, 0) is 76.9 Å². The van der Waals surface area contributed by atoms with Gasteiger partial charge in [0.25, 0.3) is 0 Å². The Labute approximate surface area is 260 Å². The minimum Gasteiger partial charge on any atom is -0.469 e. The van der Waals surface area contributed by atoms with Crippen molar-refractivity contribution in [3.8, 4) is 0 Å². The average molecular weight is 613 g/mol. The van der Waals surface area contributed by atoms with E-state index >= 15 is 0 Å². The van der Waals surface area contributed by atoms with E-state index < -0.39 is 28.5 Å². The van der Waals surface area contributed by atoms with E-state index in [1.807, 2.05) is 13.8 Å². The van der Waals surface area contributed by atoms with Crippen molar-refractivity contribution in [2.75, 3.05) is 13.7 Å². The molecule has 0 bridgehead atoms. The van der Waals surface area contributed by atoms with E-state index in [0.717, 1.165) is 23.1 Å². The molecule has 242 valence electrons. The molecule has 1 N–H and O–H groups in total. The zero-order valence-electron chi connectivity index (χ0n) is 27.5. The highest BCUT2D eigenvalue weighted by Crippen LogP contribution is 2.73. The number of esters is 3. The van der Waals surface area contributed by atoms with Crippen molar-refractivity contribution < 1.29 is 43.2 Å². The van der Waals surface area contributed by atoms with E-state index in [0.29, 0.717) is 25.0 Å². The van der Waals surface area contributed by atoms with Crippen LogP contribution in [0.4, 0.5) is 0 Å². The van der Waals surface area contributed by atoms with E-state index in [4.69, 9.17) is 23.7 Å². The fraction of sp³-hybridized carbons (Fsp3) is 0.743. The second kappa shape index (κ2) is 10.3. The summed E-state index contributed by atoms with van der Waals surface area (Å²) in [6.45, 7) is 16.2. The second-order valence-corrected chi connectivity index (χ2v) is 15.6. The first kappa shape index (κ1) is 31.5. The van der Waals surface area contributed by atoms with Crippen LogP contribution in [0, 0.1) is 34.0 Å². The van der Waals surface area contributed by atoms with E-state index in [1.165, 1.54) is 13.2 Å². The van der Waals surface area contributed by atoms with Crippen molar-refractivity contribution in [2.45, 2.75) is 117 Å². The van der Waals surface area contributed by atoms with Gasteiger partial charge >= 0.3 is 17.9 Å². The zero-order valence-corrected chi connectivity index (χ0v) is 27.5. The van der Waals surface area contributed by atoms with Crippen molar-refractivity contribution in [1.29, 1.82) is 0 Å². The van der Waals surface area contributed by atoms with Gasteiger partial charge < -0.3 is 28.8 Å². The molecule has 2 saturated carbocycles. The molecule has 0 aromatic rings. The zero-order chi connectivity index (χ0) is 32.1. The third-order valence-electron chi connectivity index (χ3n) is 12.2. The summed E-state index contributed by atoms with van der Waals surface area (Å²) in [4.78, 5) is 39.0. The van der Waals surface area contributed by atoms with Crippen LogP contribution in [0.3, 0.4) is 0 Å². The molecule has 3 heterocycles. The van der Waals surface area contributed by atoms with E-state index in [1.54, 1.807) is 19.9 Å². The molecule has 9 nitrogen and oxygen atoms in total. The fourth-order valence-corrected chi connectivity index (χ4v) is 10.4. The first-order valence-corrected chi connectivity index (χ1v) is 16.0. The maximum Gasteiger partial charge on any atom is 0.335 e. The van der Waals surface area contributed by atoms with Gasteiger partial charge in [-0.2, -0.15) is 0 Å². The molecule has 11 atom stereocenters. The van der Waals surface area contributed by atoms with Gasteiger partial charge in [0, 0.05) is 40.7 Å². The Hall–Kier alpha value is -2.49. The summed E-state index contributed by atoms with van der Waals surface area (Å²) in [6.07, 6.45) is 3.73. The van der Waals surface area contributed by atoms with Gasteiger partial charge in [0.2, 0.25) is 0 Å². The molecule has 0 aromatic carbocycles. The summed E-state index contributed by atoms with van der Waals surface area (Å²) in [5, 5.41) is 10.5. The van der Waals surface area contributed by atoms with Crippen molar-refractivity contribution >= 4 is 17.9 Å². The topological polar surface area (TPSA) is 118 Å². The molecular weight excluding hydrogens is 564 g/mol.